The number of pyridine rings is 1. The van der Waals surface area contributed by atoms with Crippen molar-refractivity contribution in [3.8, 4) is 22.6 Å². The Morgan fingerprint density at radius 1 is 1.37 bits per heavy atom. The molecule has 1 aromatic carbocycles. The molecule has 2 amide bonds. The van der Waals surface area contributed by atoms with Crippen molar-refractivity contribution in [2.45, 2.75) is 25.9 Å². The molecule has 2 aromatic heterocycles. The lowest BCUT2D eigenvalue weighted by molar-refractivity contribution is -0.118. The fraction of sp³-hybridized carbons (Fsp3) is 0.238. The summed E-state index contributed by atoms with van der Waals surface area (Å²) in [4.78, 5) is 36.1. The molecule has 0 bridgehead atoms. The van der Waals surface area contributed by atoms with Crippen LogP contribution in [0.5, 0.6) is 0 Å². The molecule has 0 radical (unpaired) electrons. The third-order valence-corrected chi connectivity index (χ3v) is 4.87. The topological polar surface area (TPSA) is 114 Å². The lowest BCUT2D eigenvalue weighted by atomic mass is 10.1. The maximum atomic E-state index is 14.8. The van der Waals surface area contributed by atoms with Crippen molar-refractivity contribution in [2.75, 3.05) is 11.4 Å². The third-order valence-electron chi connectivity index (χ3n) is 4.87. The molecule has 0 aliphatic carbocycles. The second-order valence-corrected chi connectivity index (χ2v) is 7.11. The van der Waals surface area contributed by atoms with Crippen molar-refractivity contribution in [1.29, 1.82) is 0 Å². The van der Waals surface area contributed by atoms with E-state index in [0.29, 0.717) is 34.8 Å². The van der Waals surface area contributed by atoms with Gasteiger partial charge in [-0.05, 0) is 37.6 Å². The van der Waals surface area contributed by atoms with Crippen molar-refractivity contribution in [3.05, 3.63) is 54.2 Å². The summed E-state index contributed by atoms with van der Waals surface area (Å²) >= 11 is 0. The standard InChI is InChI=1S/C21H20FN5O3/c1-12-9-25-20(26-12)18-6-2-13(10-24-18)16-5-3-14(8-17(16)22)27-11-15(30-21(27)29)4-7-19(23)28/h2-3,5-6,8-10,15H,4,7,11H2,1H3,(H2,23,28)(H,25,26). The Bertz CT molecular complexity index is 1100. The molecule has 9 heteroatoms. The van der Waals surface area contributed by atoms with E-state index in [9.17, 15) is 14.0 Å². The Balaban J connectivity index is 1.51. The van der Waals surface area contributed by atoms with Crippen molar-refractivity contribution in [1.82, 2.24) is 15.0 Å². The minimum absolute atomic E-state index is 0.125. The quantitative estimate of drug-likeness (QED) is 0.649. The number of hydrogen-bond acceptors (Lipinski definition) is 5. The average Bonchev–Trinajstić information content (AvgIpc) is 3.32. The minimum Gasteiger partial charge on any atom is -0.444 e. The number of nitrogens with two attached hydrogens (primary N) is 1. The van der Waals surface area contributed by atoms with Gasteiger partial charge in [-0.25, -0.2) is 14.2 Å². The Morgan fingerprint density at radius 2 is 2.20 bits per heavy atom. The Morgan fingerprint density at radius 3 is 2.83 bits per heavy atom. The lowest BCUT2D eigenvalue weighted by Crippen LogP contribution is -2.25. The van der Waals surface area contributed by atoms with E-state index in [0.717, 1.165) is 5.69 Å². The summed E-state index contributed by atoms with van der Waals surface area (Å²) in [6, 6.07) is 8.07. The van der Waals surface area contributed by atoms with Crippen molar-refractivity contribution < 1.29 is 18.7 Å². The first-order valence-electron chi connectivity index (χ1n) is 9.45. The molecule has 1 fully saturated rings. The molecule has 1 unspecified atom stereocenters. The van der Waals surface area contributed by atoms with Gasteiger partial charge < -0.3 is 15.5 Å². The second-order valence-electron chi connectivity index (χ2n) is 7.11. The van der Waals surface area contributed by atoms with Gasteiger partial charge in [-0.15, -0.1) is 0 Å². The van der Waals surface area contributed by atoms with Gasteiger partial charge in [-0.2, -0.15) is 0 Å². The molecular formula is C21H20FN5O3. The zero-order valence-electron chi connectivity index (χ0n) is 16.3. The van der Waals surface area contributed by atoms with Crippen LogP contribution in [0.2, 0.25) is 0 Å². The first-order chi connectivity index (χ1) is 14.4. The number of amides is 2. The van der Waals surface area contributed by atoms with Crippen LogP contribution in [-0.4, -0.2) is 39.6 Å². The van der Waals surface area contributed by atoms with Gasteiger partial charge in [0.2, 0.25) is 5.91 Å². The molecule has 154 valence electrons. The second kappa shape index (κ2) is 7.94. The first kappa shape index (κ1) is 19.6. The lowest BCUT2D eigenvalue weighted by Gasteiger charge is -2.14. The number of nitrogens with zero attached hydrogens (tertiary/aromatic N) is 3. The number of imidazole rings is 1. The number of ether oxygens (including phenoxy) is 1. The van der Waals surface area contributed by atoms with Gasteiger partial charge in [0.05, 0.1) is 17.9 Å². The van der Waals surface area contributed by atoms with Gasteiger partial charge in [-0.3, -0.25) is 14.7 Å². The molecule has 1 aliphatic rings. The SMILES string of the molecule is Cc1c[nH]c(-c2ccc(-c3ccc(N4CC(CCC(N)=O)OC4=O)cc3F)cn2)n1. The van der Waals surface area contributed by atoms with Gasteiger partial charge in [0.15, 0.2) is 5.82 Å². The van der Waals surface area contributed by atoms with E-state index in [1.54, 1.807) is 36.7 Å². The zero-order chi connectivity index (χ0) is 21.3. The molecule has 3 N–H and O–H groups in total. The van der Waals surface area contributed by atoms with E-state index in [1.165, 1.54) is 11.0 Å². The number of benzene rings is 1. The number of hydrogen-bond donors (Lipinski definition) is 2. The van der Waals surface area contributed by atoms with Crippen LogP contribution < -0.4 is 10.6 Å². The summed E-state index contributed by atoms with van der Waals surface area (Å²) in [5.41, 5.74) is 8.01. The largest absolute Gasteiger partial charge is 0.444 e. The number of rotatable bonds is 6. The number of primary amides is 1. The van der Waals surface area contributed by atoms with E-state index in [4.69, 9.17) is 10.5 Å². The Kier molecular flexibility index (Phi) is 5.18. The smallest absolute Gasteiger partial charge is 0.414 e. The molecule has 0 spiro atoms. The van der Waals surface area contributed by atoms with E-state index in [-0.39, 0.29) is 13.0 Å². The Labute approximate surface area is 171 Å². The highest BCUT2D eigenvalue weighted by atomic mass is 19.1. The summed E-state index contributed by atoms with van der Waals surface area (Å²) in [6.07, 6.45) is 2.80. The summed E-state index contributed by atoms with van der Waals surface area (Å²) in [7, 11) is 0. The number of anilines is 1. The number of aromatic nitrogens is 3. The summed E-state index contributed by atoms with van der Waals surface area (Å²) in [5.74, 6) is -0.292. The highest BCUT2D eigenvalue weighted by molar-refractivity contribution is 5.90. The molecule has 8 nitrogen and oxygen atoms in total. The summed E-state index contributed by atoms with van der Waals surface area (Å²) in [6.45, 7) is 2.12. The monoisotopic (exact) mass is 409 g/mol. The van der Waals surface area contributed by atoms with Crippen molar-refractivity contribution in [3.63, 3.8) is 0 Å². The van der Waals surface area contributed by atoms with Crippen molar-refractivity contribution >= 4 is 17.7 Å². The highest BCUT2D eigenvalue weighted by Crippen LogP contribution is 2.30. The number of carbonyl (C=O) groups excluding carboxylic acids is 2. The van der Waals surface area contributed by atoms with Crippen LogP contribution in [0.3, 0.4) is 0 Å². The number of H-pyrrole nitrogens is 1. The van der Waals surface area contributed by atoms with E-state index < -0.39 is 23.9 Å². The molecule has 0 saturated carbocycles. The van der Waals surface area contributed by atoms with E-state index in [1.807, 2.05) is 6.92 Å². The van der Waals surface area contributed by atoms with Crippen LogP contribution in [0, 0.1) is 12.7 Å². The molecule has 1 atom stereocenters. The number of nitrogens with one attached hydrogen (secondary N) is 1. The average molecular weight is 409 g/mol. The van der Waals surface area contributed by atoms with Crippen LogP contribution >= 0.6 is 0 Å². The number of aryl methyl sites for hydroxylation is 1. The predicted octanol–water partition coefficient (Wildman–Crippen LogP) is 3.18. The maximum Gasteiger partial charge on any atom is 0.414 e. The Hall–Kier alpha value is -3.75. The fourth-order valence-electron chi connectivity index (χ4n) is 3.33. The summed E-state index contributed by atoms with van der Waals surface area (Å²) in [5, 5.41) is 0. The van der Waals surface area contributed by atoms with Gasteiger partial charge in [-0.1, -0.05) is 6.07 Å². The van der Waals surface area contributed by atoms with Crippen LogP contribution in [-0.2, 0) is 9.53 Å². The number of aromatic amines is 1. The van der Waals surface area contributed by atoms with Crippen LogP contribution in [0.15, 0.2) is 42.7 Å². The molecule has 3 aromatic rings. The molecule has 1 aliphatic heterocycles. The first-order valence-corrected chi connectivity index (χ1v) is 9.45. The van der Waals surface area contributed by atoms with Crippen LogP contribution in [0.25, 0.3) is 22.6 Å². The minimum atomic E-state index is -0.573. The van der Waals surface area contributed by atoms with Crippen molar-refractivity contribution in [2.24, 2.45) is 5.73 Å². The van der Waals surface area contributed by atoms with E-state index >= 15 is 0 Å². The normalized spacial score (nSPS) is 16.0. The van der Waals surface area contributed by atoms with Gasteiger partial charge >= 0.3 is 6.09 Å². The fourth-order valence-corrected chi connectivity index (χ4v) is 3.33. The highest BCUT2D eigenvalue weighted by Gasteiger charge is 2.32. The molecule has 3 heterocycles. The molecule has 4 rings (SSSR count). The molecule has 1 saturated heterocycles. The zero-order valence-corrected chi connectivity index (χ0v) is 16.3. The van der Waals surface area contributed by atoms with Gasteiger partial charge in [0.25, 0.3) is 0 Å². The van der Waals surface area contributed by atoms with Gasteiger partial charge in [0.1, 0.15) is 17.6 Å². The number of cyclic esters (lactones) is 1. The van der Waals surface area contributed by atoms with Crippen LogP contribution in [0.1, 0.15) is 18.5 Å². The molecule has 30 heavy (non-hydrogen) atoms. The van der Waals surface area contributed by atoms with Gasteiger partial charge in [0, 0.05) is 29.9 Å². The number of carbonyl (C=O) groups is 2. The van der Waals surface area contributed by atoms with Crippen LogP contribution in [0.4, 0.5) is 14.9 Å². The molecular weight excluding hydrogens is 389 g/mol. The van der Waals surface area contributed by atoms with E-state index in [2.05, 4.69) is 15.0 Å². The third kappa shape index (κ3) is 4.00. The maximum absolute atomic E-state index is 14.8. The number of halogens is 1. The predicted molar refractivity (Wildman–Crippen MR) is 108 cm³/mol. The summed E-state index contributed by atoms with van der Waals surface area (Å²) < 4.78 is 20.0.